The van der Waals surface area contributed by atoms with Crippen LogP contribution in [0.4, 0.5) is 5.69 Å². The minimum atomic E-state index is -0.446. The summed E-state index contributed by atoms with van der Waals surface area (Å²) in [6, 6.07) is 13.0. The van der Waals surface area contributed by atoms with Crippen LogP contribution >= 0.6 is 0 Å². The third kappa shape index (κ3) is 5.11. The van der Waals surface area contributed by atoms with Gasteiger partial charge >= 0.3 is 0 Å². The summed E-state index contributed by atoms with van der Waals surface area (Å²) in [7, 11) is 0. The van der Waals surface area contributed by atoms with Gasteiger partial charge in [0.1, 0.15) is 11.6 Å². The van der Waals surface area contributed by atoms with E-state index in [1.165, 1.54) is 0 Å². The summed E-state index contributed by atoms with van der Waals surface area (Å²) in [6.07, 6.45) is 1.54. The van der Waals surface area contributed by atoms with Gasteiger partial charge in [-0.3, -0.25) is 4.79 Å². The third-order valence-electron chi connectivity index (χ3n) is 4.10. The fourth-order valence-electron chi connectivity index (χ4n) is 2.55. The van der Waals surface area contributed by atoms with Crippen LogP contribution in [-0.2, 0) is 4.79 Å². The summed E-state index contributed by atoms with van der Waals surface area (Å²) in [6.45, 7) is 8.71. The molecule has 0 spiro atoms. The van der Waals surface area contributed by atoms with Crippen LogP contribution in [0, 0.1) is 25.2 Å². The van der Waals surface area contributed by atoms with Gasteiger partial charge in [0.15, 0.2) is 11.5 Å². The summed E-state index contributed by atoms with van der Waals surface area (Å²) < 4.78 is 11.1. The molecule has 2 aromatic carbocycles. The normalized spacial score (nSPS) is 10.9. The molecule has 0 saturated carbocycles. The first-order valence-corrected chi connectivity index (χ1v) is 8.89. The molecule has 0 aromatic heterocycles. The zero-order valence-corrected chi connectivity index (χ0v) is 16.1. The molecular weight excluding hydrogens is 340 g/mol. The van der Waals surface area contributed by atoms with Gasteiger partial charge in [-0.15, -0.1) is 0 Å². The number of hydrogen-bond donors (Lipinski definition) is 1. The van der Waals surface area contributed by atoms with Crippen LogP contribution in [0.1, 0.15) is 30.5 Å². The highest BCUT2D eigenvalue weighted by Crippen LogP contribution is 2.29. The number of nitriles is 1. The van der Waals surface area contributed by atoms with Gasteiger partial charge < -0.3 is 14.8 Å². The largest absolute Gasteiger partial charge is 0.490 e. The molecule has 5 heteroatoms. The molecule has 5 nitrogen and oxygen atoms in total. The average molecular weight is 364 g/mol. The van der Waals surface area contributed by atoms with Crippen molar-refractivity contribution < 1.29 is 14.3 Å². The number of carbonyl (C=O) groups excluding carboxylic acids is 1. The Morgan fingerprint density at radius 2 is 1.81 bits per heavy atom. The second-order valence-electron chi connectivity index (χ2n) is 5.94. The molecule has 0 bridgehead atoms. The van der Waals surface area contributed by atoms with E-state index in [4.69, 9.17) is 9.47 Å². The number of rotatable bonds is 7. The Labute approximate surface area is 160 Å². The molecule has 2 rings (SSSR count). The Hall–Kier alpha value is -3.26. The molecule has 0 atom stereocenters. The van der Waals surface area contributed by atoms with Crippen molar-refractivity contribution in [3.05, 3.63) is 58.7 Å². The number of hydrogen-bond acceptors (Lipinski definition) is 4. The predicted molar refractivity (Wildman–Crippen MR) is 107 cm³/mol. The molecule has 140 valence electrons. The van der Waals surface area contributed by atoms with Crippen molar-refractivity contribution in [3.8, 4) is 17.6 Å². The van der Waals surface area contributed by atoms with Crippen LogP contribution in [0.25, 0.3) is 6.08 Å². The Balaban J connectivity index is 2.29. The molecule has 2 aromatic rings. The van der Waals surface area contributed by atoms with Gasteiger partial charge in [0.25, 0.3) is 5.91 Å². The van der Waals surface area contributed by atoms with Crippen LogP contribution in [0.15, 0.2) is 42.0 Å². The number of ether oxygens (including phenoxy) is 2. The molecule has 0 aliphatic carbocycles. The zero-order chi connectivity index (χ0) is 19.8. The molecule has 0 fully saturated rings. The molecule has 1 amide bonds. The number of anilines is 1. The Morgan fingerprint density at radius 1 is 1.11 bits per heavy atom. The van der Waals surface area contributed by atoms with Crippen molar-refractivity contribution in [2.45, 2.75) is 27.7 Å². The zero-order valence-electron chi connectivity index (χ0n) is 16.1. The minimum Gasteiger partial charge on any atom is -0.490 e. The number of benzene rings is 2. The molecule has 0 radical (unpaired) electrons. The summed E-state index contributed by atoms with van der Waals surface area (Å²) in [5, 5.41) is 12.2. The van der Waals surface area contributed by atoms with E-state index in [0.29, 0.717) is 36.0 Å². The van der Waals surface area contributed by atoms with Crippen LogP contribution < -0.4 is 14.8 Å². The smallest absolute Gasteiger partial charge is 0.266 e. The van der Waals surface area contributed by atoms with Crippen molar-refractivity contribution in [1.29, 1.82) is 5.26 Å². The maximum Gasteiger partial charge on any atom is 0.266 e. The van der Waals surface area contributed by atoms with E-state index in [-0.39, 0.29) is 5.57 Å². The first-order valence-electron chi connectivity index (χ1n) is 8.89. The number of nitrogens with one attached hydrogen (secondary N) is 1. The molecule has 1 N–H and O–H groups in total. The van der Waals surface area contributed by atoms with Crippen molar-refractivity contribution in [3.63, 3.8) is 0 Å². The Kier molecular flexibility index (Phi) is 7.01. The van der Waals surface area contributed by atoms with Gasteiger partial charge in [-0.05, 0) is 68.7 Å². The molecule has 0 unspecified atom stereocenters. The molecular formula is C22H24N2O3. The van der Waals surface area contributed by atoms with Crippen molar-refractivity contribution in [2.24, 2.45) is 0 Å². The van der Waals surface area contributed by atoms with E-state index in [0.717, 1.165) is 11.1 Å². The van der Waals surface area contributed by atoms with Crippen LogP contribution in [0.2, 0.25) is 0 Å². The van der Waals surface area contributed by atoms with E-state index in [1.807, 2.05) is 52.0 Å². The van der Waals surface area contributed by atoms with E-state index in [9.17, 15) is 10.1 Å². The van der Waals surface area contributed by atoms with E-state index in [2.05, 4.69) is 5.32 Å². The van der Waals surface area contributed by atoms with Gasteiger partial charge in [0.05, 0.1) is 13.2 Å². The van der Waals surface area contributed by atoms with E-state index >= 15 is 0 Å². The molecule has 27 heavy (non-hydrogen) atoms. The summed E-state index contributed by atoms with van der Waals surface area (Å²) in [4.78, 5) is 12.5. The highest BCUT2D eigenvalue weighted by Gasteiger charge is 2.12. The number of carbonyl (C=O) groups is 1. The highest BCUT2D eigenvalue weighted by molar-refractivity contribution is 6.10. The topological polar surface area (TPSA) is 71.3 Å². The maximum atomic E-state index is 12.5. The standard InChI is InChI=1S/C22H24N2O3/c1-5-26-20-11-10-17(13-21(20)27-6-2)12-18(14-23)22(25)24-19-9-7-8-15(3)16(19)4/h7-13H,5-6H2,1-4H3,(H,24,25)/b18-12-. The summed E-state index contributed by atoms with van der Waals surface area (Å²) in [5.74, 6) is 0.771. The fraction of sp³-hybridized carbons (Fsp3) is 0.273. The third-order valence-corrected chi connectivity index (χ3v) is 4.10. The Morgan fingerprint density at radius 3 is 2.48 bits per heavy atom. The lowest BCUT2D eigenvalue weighted by atomic mass is 10.1. The van der Waals surface area contributed by atoms with Gasteiger partial charge in [-0.2, -0.15) is 5.26 Å². The van der Waals surface area contributed by atoms with Gasteiger partial charge in [0.2, 0.25) is 0 Å². The second-order valence-corrected chi connectivity index (χ2v) is 5.94. The minimum absolute atomic E-state index is 0.0162. The average Bonchev–Trinajstić information content (AvgIpc) is 2.65. The van der Waals surface area contributed by atoms with Gasteiger partial charge in [0, 0.05) is 5.69 Å². The first-order chi connectivity index (χ1) is 13.0. The molecule has 0 aliphatic heterocycles. The van der Waals surface area contributed by atoms with Crippen LogP contribution in [0.3, 0.4) is 0 Å². The molecule has 0 aliphatic rings. The SMILES string of the molecule is CCOc1ccc(/C=C(/C#N)C(=O)Nc2cccc(C)c2C)cc1OCC. The van der Waals surface area contributed by atoms with Crippen LogP contribution in [0.5, 0.6) is 11.5 Å². The quantitative estimate of drug-likeness (QED) is 0.573. The predicted octanol–water partition coefficient (Wildman–Crippen LogP) is 4.65. The number of nitrogens with zero attached hydrogens (tertiary/aromatic N) is 1. The van der Waals surface area contributed by atoms with Crippen LogP contribution in [-0.4, -0.2) is 19.1 Å². The number of aryl methyl sites for hydroxylation is 1. The highest BCUT2D eigenvalue weighted by atomic mass is 16.5. The van der Waals surface area contributed by atoms with Gasteiger partial charge in [-0.25, -0.2) is 0 Å². The monoisotopic (exact) mass is 364 g/mol. The lowest BCUT2D eigenvalue weighted by Gasteiger charge is -2.12. The van der Waals surface area contributed by atoms with Crippen molar-refractivity contribution in [1.82, 2.24) is 0 Å². The molecule has 0 saturated heterocycles. The Bertz CT molecular complexity index is 895. The van der Waals surface area contributed by atoms with E-state index < -0.39 is 5.91 Å². The number of amides is 1. The first kappa shape index (κ1) is 20.1. The fourth-order valence-corrected chi connectivity index (χ4v) is 2.55. The van der Waals surface area contributed by atoms with E-state index in [1.54, 1.807) is 24.3 Å². The second kappa shape index (κ2) is 9.44. The maximum absolute atomic E-state index is 12.5. The van der Waals surface area contributed by atoms with Crippen molar-refractivity contribution in [2.75, 3.05) is 18.5 Å². The van der Waals surface area contributed by atoms with Gasteiger partial charge in [-0.1, -0.05) is 18.2 Å². The summed E-state index contributed by atoms with van der Waals surface area (Å²) >= 11 is 0. The lowest BCUT2D eigenvalue weighted by Crippen LogP contribution is -2.14. The molecule has 0 heterocycles. The summed E-state index contributed by atoms with van der Waals surface area (Å²) in [5.41, 5.74) is 3.45. The van der Waals surface area contributed by atoms with Crippen molar-refractivity contribution >= 4 is 17.7 Å². The lowest BCUT2D eigenvalue weighted by molar-refractivity contribution is -0.112.